The molecule has 0 N–H and O–H groups in total. The van der Waals surface area contributed by atoms with Crippen LogP contribution in [0.1, 0.15) is 383 Å². The number of quaternary nitrogens is 2. The summed E-state index contributed by atoms with van der Waals surface area (Å²) in [7, 11) is 2.12. The summed E-state index contributed by atoms with van der Waals surface area (Å²) in [5, 5.41) is 0. The van der Waals surface area contributed by atoms with Crippen LogP contribution >= 0.6 is 0 Å². The second kappa shape index (κ2) is 72.5. The zero-order chi connectivity index (χ0) is 62.8. The van der Waals surface area contributed by atoms with Crippen molar-refractivity contribution in [1.82, 2.24) is 0 Å². The molecule has 0 fully saturated rings. The fourth-order valence-corrected chi connectivity index (χ4v) is 17.1. The number of nitrogens with zero attached hydrogens (tertiary/aromatic N) is 2. The Morgan fingerprint density at radius 1 is 0.195 bits per heavy atom. The smallest absolute Gasteiger partial charge is 0.501 e. The van der Waals surface area contributed by atoms with Gasteiger partial charge in [-0.2, -0.15) is 0 Å². The monoisotopic (exact) mass is 1310 g/mol. The Labute approximate surface area is 563 Å². The summed E-state index contributed by atoms with van der Waals surface area (Å²) in [6, 6.07) is 1.94. The van der Waals surface area contributed by atoms with Gasteiger partial charge >= 0.3 is 17.6 Å². The highest BCUT2D eigenvalue weighted by molar-refractivity contribution is 6.61. The van der Waals surface area contributed by atoms with E-state index in [4.69, 9.17) is 26.6 Å². The maximum absolute atomic E-state index is 6.62. The minimum Gasteiger partial charge on any atom is -1.00 e. The molecule has 0 atom stereocenters. The fourth-order valence-electron chi connectivity index (χ4n) is 11.8. The van der Waals surface area contributed by atoms with Crippen molar-refractivity contribution in [3.8, 4) is 0 Å². The highest BCUT2D eigenvalue weighted by Gasteiger charge is 2.42. The molecule has 530 valence electrons. The van der Waals surface area contributed by atoms with Crippen LogP contribution in [0, 0.1) is 0 Å². The Morgan fingerprint density at radius 2 is 0.356 bits per heavy atom. The second-order valence-corrected chi connectivity index (χ2v) is 33.1. The van der Waals surface area contributed by atoms with Crippen molar-refractivity contribution >= 4 is 17.6 Å². The van der Waals surface area contributed by atoms with E-state index in [-0.39, 0.29) is 24.8 Å². The first-order chi connectivity index (χ1) is 41.5. The molecule has 0 aromatic rings. The zero-order valence-corrected chi connectivity index (χ0v) is 65.2. The molecule has 0 rings (SSSR count). The molecule has 0 aromatic heterocycles. The average molecular weight is 1320 g/mol. The van der Waals surface area contributed by atoms with Crippen LogP contribution in [0.3, 0.4) is 0 Å². The molecule has 0 unspecified atom stereocenters. The van der Waals surface area contributed by atoms with Crippen molar-refractivity contribution < 1.29 is 60.3 Å². The lowest BCUT2D eigenvalue weighted by molar-refractivity contribution is -0.910. The average Bonchev–Trinajstić information content (AvgIpc) is 3.55. The largest absolute Gasteiger partial charge is 1.00 e. The molecule has 0 spiro atoms. The third kappa shape index (κ3) is 65.2. The van der Waals surface area contributed by atoms with Crippen LogP contribution in [-0.2, 0) is 26.6 Å². The molecule has 0 aliphatic heterocycles. The lowest BCUT2D eigenvalue weighted by Gasteiger charge is -2.36. The molecular formula is C75H162Cl2N2O6Si2. The van der Waals surface area contributed by atoms with Gasteiger partial charge in [-0.3, -0.25) is 0 Å². The first-order valence-corrected chi connectivity index (χ1v) is 42.8. The summed E-state index contributed by atoms with van der Waals surface area (Å²) < 4.78 is 41.5. The van der Waals surface area contributed by atoms with Crippen molar-refractivity contribution in [3.63, 3.8) is 0 Å². The molecule has 8 nitrogen and oxygen atoms in total. The van der Waals surface area contributed by atoms with E-state index in [1.165, 1.54) is 268 Å². The van der Waals surface area contributed by atoms with Crippen LogP contribution in [0.4, 0.5) is 0 Å². The number of halogens is 2. The molecule has 0 aliphatic carbocycles. The molecule has 87 heavy (non-hydrogen) atoms. The van der Waals surface area contributed by atoms with Crippen molar-refractivity contribution in [2.75, 3.05) is 93.5 Å². The van der Waals surface area contributed by atoms with E-state index in [1.54, 1.807) is 0 Å². The van der Waals surface area contributed by atoms with Gasteiger partial charge in [-0.25, -0.2) is 0 Å². The van der Waals surface area contributed by atoms with Gasteiger partial charge in [-0.15, -0.1) is 0 Å². The van der Waals surface area contributed by atoms with Crippen molar-refractivity contribution in [3.05, 3.63) is 0 Å². The molecule has 0 heterocycles. The van der Waals surface area contributed by atoms with Gasteiger partial charge in [0.05, 0.1) is 53.9 Å². The number of rotatable bonds is 71. The summed E-state index contributed by atoms with van der Waals surface area (Å²) in [4.78, 5) is 0. The van der Waals surface area contributed by atoms with Crippen LogP contribution in [-0.4, -0.2) is 120 Å². The van der Waals surface area contributed by atoms with Crippen molar-refractivity contribution in [2.24, 2.45) is 0 Å². The van der Waals surface area contributed by atoms with E-state index >= 15 is 0 Å². The molecule has 0 radical (unpaired) electrons. The van der Waals surface area contributed by atoms with Crippen molar-refractivity contribution in [2.45, 2.75) is 395 Å². The fraction of sp³-hybridized carbons (Fsp3) is 1.00. The summed E-state index contributed by atoms with van der Waals surface area (Å²) in [6.45, 7) is 31.3. The maximum atomic E-state index is 6.62. The van der Waals surface area contributed by atoms with Gasteiger partial charge in [0.2, 0.25) is 0 Å². The third-order valence-electron chi connectivity index (χ3n) is 18.1. The van der Waals surface area contributed by atoms with Gasteiger partial charge in [0.1, 0.15) is 0 Å². The molecule has 0 amide bonds. The lowest BCUT2D eigenvalue weighted by atomic mass is 10.0. The molecule has 0 bridgehead atoms. The van der Waals surface area contributed by atoms with Gasteiger partial charge < -0.3 is 60.3 Å². The Balaban J connectivity index is -0.000000809. The quantitative estimate of drug-likeness (QED) is 0.0344. The molecule has 0 aliphatic rings. The minimum atomic E-state index is -2.66. The van der Waals surface area contributed by atoms with Crippen LogP contribution in [0.25, 0.3) is 0 Å². The Kier molecular flexibility index (Phi) is 78.4. The predicted molar refractivity (Wildman–Crippen MR) is 381 cm³/mol. The van der Waals surface area contributed by atoms with E-state index in [0.717, 1.165) is 146 Å². The summed E-state index contributed by atoms with van der Waals surface area (Å²) in [6.07, 6.45) is 67.0. The van der Waals surface area contributed by atoms with Crippen LogP contribution in [0.5, 0.6) is 0 Å². The topological polar surface area (TPSA) is 55.4 Å². The number of hydrogen-bond donors (Lipinski definition) is 0. The lowest BCUT2D eigenvalue weighted by Crippen LogP contribution is -3.00. The Hall–Kier alpha value is 0.694. The molecular weight excluding hydrogens is 1150 g/mol. The highest BCUT2D eigenvalue weighted by Crippen LogP contribution is 2.25. The predicted octanol–water partition coefficient (Wildman–Crippen LogP) is 18.2. The SMILES string of the molecule is CCCCCCCCCCCCCC[N+](C)(C)CCC[Si](OCCCC)(OCCCC)OCCCC.CCCCCCCCCCCCCC[N+](C)(CCCCCCCCCCCCCC)CCC[Si](OCCCC)(OCCCC)OCCCC.[Cl-].[Cl-]. The molecule has 12 heteroatoms. The van der Waals surface area contributed by atoms with E-state index in [2.05, 4.69) is 83.5 Å². The molecule has 0 aromatic carbocycles. The van der Waals surface area contributed by atoms with Crippen molar-refractivity contribution in [1.29, 1.82) is 0 Å². The Bertz CT molecular complexity index is 1200. The summed E-state index contributed by atoms with van der Waals surface area (Å²) >= 11 is 0. The van der Waals surface area contributed by atoms with Gasteiger partial charge in [0.15, 0.2) is 0 Å². The third-order valence-corrected chi connectivity index (χ3v) is 23.9. The van der Waals surface area contributed by atoms with E-state index < -0.39 is 17.6 Å². The zero-order valence-electron chi connectivity index (χ0n) is 61.6. The second-order valence-electron chi connectivity index (χ2n) is 27.6. The molecule has 0 saturated heterocycles. The highest BCUT2D eigenvalue weighted by atomic mass is 35.5. The van der Waals surface area contributed by atoms with Crippen LogP contribution in [0.15, 0.2) is 0 Å². The van der Waals surface area contributed by atoms with Crippen LogP contribution in [0.2, 0.25) is 12.1 Å². The Morgan fingerprint density at radius 3 is 0.575 bits per heavy atom. The first-order valence-electron chi connectivity index (χ1n) is 39.0. The maximum Gasteiger partial charge on any atom is 0.501 e. The van der Waals surface area contributed by atoms with E-state index in [0.29, 0.717) is 0 Å². The molecule has 0 saturated carbocycles. The first kappa shape index (κ1) is 94.1. The minimum absolute atomic E-state index is 0. The summed E-state index contributed by atoms with van der Waals surface area (Å²) in [5.41, 5.74) is 0. The van der Waals surface area contributed by atoms with Crippen LogP contribution < -0.4 is 24.8 Å². The standard InChI is InChI=1S/C44H94NO3Si.C31H68NO3Si.2ClH/c1-7-12-17-19-21-23-25-27-29-31-33-35-38-45(6,39-36-34-32-30-28-26-24-22-20-18-13-8-2)40-37-44-49(46-41-14-9-3,47-42-15-10-4)48-43-16-11-5;1-7-11-15-16-17-18-19-20-21-22-23-24-26-32(5,6)27-25-31-36(33-28-12-8-2,34-29-13-9-3)35-30-14-10-4;;/h7-44H2,1-6H3;7-31H2,1-6H3;2*1H/q2*+1;;/p-2. The number of unbranched alkanes of at least 4 members (excludes halogenated alkanes) is 39. The normalized spacial score (nSPS) is 12.1. The van der Waals surface area contributed by atoms with Gasteiger partial charge in [-0.1, -0.05) is 293 Å². The van der Waals surface area contributed by atoms with Gasteiger partial charge in [0, 0.05) is 64.6 Å². The number of hydrogen-bond acceptors (Lipinski definition) is 6. The van der Waals surface area contributed by atoms with E-state index in [9.17, 15) is 0 Å². The van der Waals surface area contributed by atoms with Gasteiger partial charge in [0.25, 0.3) is 0 Å². The van der Waals surface area contributed by atoms with E-state index in [1.807, 2.05) is 0 Å². The van der Waals surface area contributed by atoms with Gasteiger partial charge in [-0.05, 0) is 77.0 Å². The summed E-state index contributed by atoms with van der Waals surface area (Å²) in [5.74, 6) is 0.